The number of benzene rings is 2. The van der Waals surface area contributed by atoms with Gasteiger partial charge in [0, 0.05) is 18.7 Å². The molecular weight excluding hydrogens is 338 g/mol. The molecule has 1 fully saturated rings. The summed E-state index contributed by atoms with van der Waals surface area (Å²) in [5.74, 6) is 0.121. The van der Waals surface area contributed by atoms with Gasteiger partial charge in [-0.05, 0) is 55.0 Å². The summed E-state index contributed by atoms with van der Waals surface area (Å²) in [4.78, 5) is 27.0. The molecule has 27 heavy (non-hydrogen) atoms. The third-order valence-corrected chi connectivity index (χ3v) is 5.60. The summed E-state index contributed by atoms with van der Waals surface area (Å²) in [6.45, 7) is 8.63. The summed E-state index contributed by atoms with van der Waals surface area (Å²) >= 11 is 0. The van der Waals surface area contributed by atoms with Crippen molar-refractivity contribution in [2.75, 3.05) is 11.4 Å². The number of hydrogen-bond donors (Lipinski definition) is 0. The van der Waals surface area contributed by atoms with Crippen molar-refractivity contribution in [3.63, 3.8) is 0 Å². The molecule has 1 aliphatic rings. The third-order valence-electron chi connectivity index (χ3n) is 5.60. The van der Waals surface area contributed by atoms with Crippen LogP contribution in [-0.4, -0.2) is 18.4 Å². The van der Waals surface area contributed by atoms with Crippen LogP contribution in [-0.2, 0) is 9.59 Å². The summed E-state index contributed by atoms with van der Waals surface area (Å²) in [5.41, 5.74) is 4.12. The molecule has 0 saturated carbocycles. The average Bonchev–Trinajstić information content (AvgIpc) is 3.05. The second-order valence-corrected chi connectivity index (χ2v) is 7.39. The fourth-order valence-electron chi connectivity index (χ4n) is 3.52. The molecule has 0 N–H and O–H groups in total. The Morgan fingerprint density at radius 2 is 1.93 bits per heavy atom. The van der Waals surface area contributed by atoms with Gasteiger partial charge in [0.15, 0.2) is 0 Å². The normalized spacial score (nSPS) is 17.9. The average molecular weight is 365 g/mol. The molecule has 0 unspecified atom stereocenters. The van der Waals surface area contributed by atoms with Crippen molar-refractivity contribution < 1.29 is 14.3 Å². The first-order valence-electron chi connectivity index (χ1n) is 9.59. The molecule has 2 atom stereocenters. The van der Waals surface area contributed by atoms with E-state index in [9.17, 15) is 9.59 Å². The van der Waals surface area contributed by atoms with Gasteiger partial charge in [0.05, 0.1) is 5.92 Å². The van der Waals surface area contributed by atoms with Gasteiger partial charge in [0.1, 0.15) is 5.75 Å². The van der Waals surface area contributed by atoms with Crippen molar-refractivity contribution in [2.45, 2.75) is 46.5 Å². The van der Waals surface area contributed by atoms with E-state index in [0.717, 1.165) is 28.8 Å². The number of ether oxygens (including phenoxy) is 1. The molecule has 142 valence electrons. The van der Waals surface area contributed by atoms with E-state index in [1.807, 2.05) is 56.3 Å². The monoisotopic (exact) mass is 365 g/mol. The van der Waals surface area contributed by atoms with Crippen molar-refractivity contribution in [2.24, 2.45) is 5.92 Å². The number of carbonyl (C=O) groups is 2. The number of para-hydroxylation sites is 1. The molecule has 4 heteroatoms. The molecule has 0 bridgehead atoms. The highest BCUT2D eigenvalue weighted by molar-refractivity contribution is 6.00. The number of hydrogen-bond acceptors (Lipinski definition) is 3. The van der Waals surface area contributed by atoms with E-state index in [4.69, 9.17) is 4.74 Å². The predicted octanol–water partition coefficient (Wildman–Crippen LogP) is 4.78. The van der Waals surface area contributed by atoms with Crippen molar-refractivity contribution in [3.05, 3.63) is 59.2 Å². The van der Waals surface area contributed by atoms with Gasteiger partial charge in [-0.3, -0.25) is 9.59 Å². The van der Waals surface area contributed by atoms with Gasteiger partial charge in [-0.2, -0.15) is 0 Å². The first kappa shape index (κ1) is 19.2. The van der Waals surface area contributed by atoms with Gasteiger partial charge >= 0.3 is 5.97 Å². The fourth-order valence-corrected chi connectivity index (χ4v) is 3.52. The van der Waals surface area contributed by atoms with Crippen LogP contribution in [0.3, 0.4) is 0 Å². The molecule has 0 spiro atoms. The quantitative estimate of drug-likeness (QED) is 0.566. The van der Waals surface area contributed by atoms with Crippen LogP contribution in [0.15, 0.2) is 42.5 Å². The molecule has 2 aromatic rings. The van der Waals surface area contributed by atoms with Gasteiger partial charge in [-0.1, -0.05) is 44.2 Å². The van der Waals surface area contributed by atoms with Gasteiger partial charge in [0.25, 0.3) is 0 Å². The van der Waals surface area contributed by atoms with E-state index in [-0.39, 0.29) is 18.3 Å². The highest BCUT2D eigenvalue weighted by Gasteiger charge is 2.37. The van der Waals surface area contributed by atoms with Gasteiger partial charge in [-0.25, -0.2) is 0 Å². The van der Waals surface area contributed by atoms with E-state index in [0.29, 0.717) is 18.2 Å². The van der Waals surface area contributed by atoms with Gasteiger partial charge in [-0.15, -0.1) is 0 Å². The van der Waals surface area contributed by atoms with Crippen molar-refractivity contribution in [1.29, 1.82) is 0 Å². The minimum absolute atomic E-state index is 0.0270. The van der Waals surface area contributed by atoms with Crippen LogP contribution in [0.1, 0.15) is 49.3 Å². The summed E-state index contributed by atoms with van der Waals surface area (Å²) < 4.78 is 5.72. The number of aryl methyl sites for hydroxylation is 1. The van der Waals surface area contributed by atoms with Gasteiger partial charge in [0.2, 0.25) is 5.91 Å². The Morgan fingerprint density at radius 1 is 1.19 bits per heavy atom. The molecule has 1 amide bonds. The van der Waals surface area contributed by atoms with Crippen LogP contribution < -0.4 is 9.64 Å². The third kappa shape index (κ3) is 3.90. The fraction of sp³-hybridized carbons (Fsp3) is 0.391. The summed E-state index contributed by atoms with van der Waals surface area (Å²) in [5, 5.41) is 0. The second-order valence-electron chi connectivity index (χ2n) is 7.39. The van der Waals surface area contributed by atoms with E-state index in [1.54, 1.807) is 4.90 Å². The Hall–Kier alpha value is -2.62. The summed E-state index contributed by atoms with van der Waals surface area (Å²) in [7, 11) is 0. The van der Waals surface area contributed by atoms with E-state index < -0.39 is 5.92 Å². The minimum Gasteiger partial charge on any atom is -0.426 e. The van der Waals surface area contributed by atoms with E-state index >= 15 is 0 Å². The number of nitrogens with zero attached hydrogens (tertiary/aromatic N) is 1. The number of esters is 1. The number of amides is 1. The zero-order valence-electron chi connectivity index (χ0n) is 16.5. The highest BCUT2D eigenvalue weighted by Crippen LogP contribution is 2.32. The molecule has 0 radical (unpaired) electrons. The first-order chi connectivity index (χ1) is 12.9. The lowest BCUT2D eigenvalue weighted by Crippen LogP contribution is -2.28. The van der Waals surface area contributed by atoms with Crippen molar-refractivity contribution >= 4 is 17.6 Å². The number of carbonyl (C=O) groups excluding carboxylic acids is 2. The van der Waals surface area contributed by atoms with Crippen LogP contribution in [0, 0.1) is 19.8 Å². The standard InChI is InChI=1S/C23H27NO3/c1-5-15(2)19-10-6-7-12-21(19)27-23(26)18-13-22(25)24(14-18)20-11-8-9-16(3)17(20)4/h6-12,15,18H,5,13-14H2,1-4H3/t15-,18+/m0/s1. The maximum absolute atomic E-state index is 12.8. The Balaban J connectivity index is 1.76. The second kappa shape index (κ2) is 7.95. The van der Waals surface area contributed by atoms with Crippen LogP contribution in [0.25, 0.3) is 0 Å². The Kier molecular flexibility index (Phi) is 5.64. The molecule has 3 rings (SSSR count). The Labute approximate surface area is 161 Å². The maximum atomic E-state index is 12.8. The van der Waals surface area contributed by atoms with Gasteiger partial charge < -0.3 is 9.64 Å². The molecule has 0 aromatic heterocycles. The van der Waals surface area contributed by atoms with Crippen molar-refractivity contribution in [3.8, 4) is 5.75 Å². The molecule has 1 aliphatic heterocycles. The minimum atomic E-state index is -0.442. The zero-order valence-corrected chi connectivity index (χ0v) is 16.5. The number of anilines is 1. The molecule has 1 saturated heterocycles. The summed E-state index contributed by atoms with van der Waals surface area (Å²) in [6, 6.07) is 13.6. The molecule has 4 nitrogen and oxygen atoms in total. The lowest BCUT2D eigenvalue weighted by Gasteiger charge is -2.20. The lowest BCUT2D eigenvalue weighted by molar-refractivity contribution is -0.139. The molecule has 2 aromatic carbocycles. The highest BCUT2D eigenvalue weighted by atomic mass is 16.5. The van der Waals surface area contributed by atoms with Crippen LogP contribution >= 0.6 is 0 Å². The zero-order chi connectivity index (χ0) is 19.6. The lowest BCUT2D eigenvalue weighted by atomic mass is 9.98. The topological polar surface area (TPSA) is 46.6 Å². The van der Waals surface area contributed by atoms with E-state index in [2.05, 4.69) is 13.8 Å². The van der Waals surface area contributed by atoms with Crippen molar-refractivity contribution in [1.82, 2.24) is 0 Å². The summed E-state index contributed by atoms with van der Waals surface area (Å²) in [6.07, 6.45) is 1.16. The maximum Gasteiger partial charge on any atom is 0.316 e. The Morgan fingerprint density at radius 3 is 2.67 bits per heavy atom. The Bertz CT molecular complexity index is 858. The van der Waals surface area contributed by atoms with Crippen LogP contribution in [0.2, 0.25) is 0 Å². The first-order valence-corrected chi connectivity index (χ1v) is 9.59. The smallest absolute Gasteiger partial charge is 0.316 e. The molecular formula is C23H27NO3. The SMILES string of the molecule is CC[C@H](C)c1ccccc1OC(=O)[C@@H]1CC(=O)N(c2cccc(C)c2C)C1. The number of rotatable bonds is 5. The largest absolute Gasteiger partial charge is 0.426 e. The van der Waals surface area contributed by atoms with E-state index in [1.165, 1.54) is 0 Å². The predicted molar refractivity (Wildman–Crippen MR) is 107 cm³/mol. The van der Waals surface area contributed by atoms with Crippen LogP contribution in [0.4, 0.5) is 5.69 Å². The molecule has 1 heterocycles. The van der Waals surface area contributed by atoms with Crippen LogP contribution in [0.5, 0.6) is 5.75 Å². The molecule has 0 aliphatic carbocycles.